The number of ether oxygens (including phenoxy) is 2. The molecule has 2 N–H and O–H groups in total. The van der Waals surface area contributed by atoms with E-state index < -0.39 is 28.5 Å². The predicted molar refractivity (Wildman–Crippen MR) is 71.4 cm³/mol. The van der Waals surface area contributed by atoms with Crippen LogP contribution in [0, 0.1) is 0 Å². The average molecular weight is 317 g/mol. The van der Waals surface area contributed by atoms with Gasteiger partial charge in [-0.05, 0) is 24.3 Å². The largest absolute Gasteiger partial charge is 0.493 e. The zero-order chi connectivity index (χ0) is 15.9. The minimum absolute atomic E-state index is 0.0119. The monoisotopic (exact) mass is 317 g/mol. The molecule has 0 unspecified atom stereocenters. The van der Waals surface area contributed by atoms with Crippen LogP contribution in [0.4, 0.5) is 0 Å². The van der Waals surface area contributed by atoms with Gasteiger partial charge < -0.3 is 14.6 Å². The molecule has 9 heteroatoms. The molecule has 0 aliphatic carbocycles. The number of sulfonamides is 1. The second kappa shape index (κ2) is 7.60. The van der Waals surface area contributed by atoms with Gasteiger partial charge in [0.15, 0.2) is 0 Å². The Bertz CT molecular complexity index is 595. The number of rotatable bonds is 8. The Kier molecular flexibility index (Phi) is 6.12. The van der Waals surface area contributed by atoms with Crippen LogP contribution in [0.25, 0.3) is 0 Å². The molecule has 0 aromatic heterocycles. The molecule has 0 amide bonds. The van der Waals surface area contributed by atoms with E-state index >= 15 is 0 Å². The summed E-state index contributed by atoms with van der Waals surface area (Å²) in [5.41, 5.74) is 0. The molecule has 0 spiro atoms. The van der Waals surface area contributed by atoms with Crippen molar-refractivity contribution in [3.05, 3.63) is 24.3 Å². The summed E-state index contributed by atoms with van der Waals surface area (Å²) in [6.45, 7) is -0.474. The summed E-state index contributed by atoms with van der Waals surface area (Å²) in [6, 6.07) is 5.37. The molecule has 0 saturated carbocycles. The van der Waals surface area contributed by atoms with Gasteiger partial charge >= 0.3 is 11.9 Å². The number of carbonyl (C=O) groups is 2. The Hall–Kier alpha value is -2.13. The fourth-order valence-electron chi connectivity index (χ4n) is 1.28. The van der Waals surface area contributed by atoms with E-state index in [0.29, 0.717) is 5.75 Å². The number of hydrogen-bond acceptors (Lipinski definition) is 6. The van der Waals surface area contributed by atoms with Gasteiger partial charge in [0, 0.05) is 0 Å². The smallest absolute Gasteiger partial charge is 0.320 e. The maximum absolute atomic E-state index is 11.8. The first kappa shape index (κ1) is 16.9. The number of benzene rings is 1. The maximum atomic E-state index is 11.8. The van der Waals surface area contributed by atoms with Gasteiger partial charge in [0.2, 0.25) is 10.0 Å². The average Bonchev–Trinajstić information content (AvgIpc) is 2.45. The second-order valence-corrected chi connectivity index (χ2v) is 5.63. The van der Waals surface area contributed by atoms with Crippen LogP contribution in [0.15, 0.2) is 29.2 Å². The van der Waals surface area contributed by atoms with Crippen LogP contribution in [-0.2, 0) is 24.3 Å². The van der Waals surface area contributed by atoms with E-state index in [2.05, 4.69) is 9.46 Å². The molecule has 0 heterocycles. The minimum atomic E-state index is -3.82. The summed E-state index contributed by atoms with van der Waals surface area (Å²) in [5, 5.41) is 8.46. The molecule has 21 heavy (non-hydrogen) atoms. The van der Waals surface area contributed by atoms with Gasteiger partial charge in [-0.2, -0.15) is 4.72 Å². The van der Waals surface area contributed by atoms with Gasteiger partial charge in [-0.3, -0.25) is 9.59 Å². The summed E-state index contributed by atoms with van der Waals surface area (Å²) in [4.78, 5) is 21.2. The van der Waals surface area contributed by atoms with Crippen molar-refractivity contribution >= 4 is 22.0 Å². The number of esters is 1. The topological polar surface area (TPSA) is 119 Å². The van der Waals surface area contributed by atoms with Crippen molar-refractivity contribution in [3.8, 4) is 5.75 Å². The molecule has 0 bridgehead atoms. The lowest BCUT2D eigenvalue weighted by atomic mass is 10.3. The number of methoxy groups -OCH3 is 1. The molecule has 1 aromatic carbocycles. The van der Waals surface area contributed by atoms with Gasteiger partial charge in [0.25, 0.3) is 0 Å². The van der Waals surface area contributed by atoms with E-state index in [1.54, 1.807) is 0 Å². The third-order valence-corrected chi connectivity index (χ3v) is 3.77. The van der Waals surface area contributed by atoms with Crippen molar-refractivity contribution in [1.29, 1.82) is 0 Å². The van der Waals surface area contributed by atoms with E-state index in [-0.39, 0.29) is 17.9 Å². The summed E-state index contributed by atoms with van der Waals surface area (Å²) >= 11 is 0. The van der Waals surface area contributed by atoms with Gasteiger partial charge in [-0.25, -0.2) is 8.42 Å². The van der Waals surface area contributed by atoms with E-state index in [1.807, 2.05) is 0 Å². The molecule has 1 aromatic rings. The SMILES string of the molecule is COC(=O)CNS(=O)(=O)c1ccc(OCCC(=O)O)cc1. The first-order chi connectivity index (χ1) is 9.85. The summed E-state index contributed by atoms with van der Waals surface area (Å²) < 4.78 is 35.2. The lowest BCUT2D eigenvalue weighted by Gasteiger charge is -2.07. The first-order valence-corrected chi connectivity index (χ1v) is 7.34. The van der Waals surface area contributed by atoms with Crippen molar-refractivity contribution in [2.75, 3.05) is 20.3 Å². The normalized spacial score (nSPS) is 10.9. The Labute approximate surface area is 121 Å². The van der Waals surface area contributed by atoms with Crippen molar-refractivity contribution in [2.24, 2.45) is 0 Å². The van der Waals surface area contributed by atoms with Crippen LogP contribution in [0.5, 0.6) is 5.75 Å². The highest BCUT2D eigenvalue weighted by molar-refractivity contribution is 7.89. The van der Waals surface area contributed by atoms with Crippen molar-refractivity contribution < 1.29 is 32.6 Å². The van der Waals surface area contributed by atoms with E-state index in [4.69, 9.17) is 9.84 Å². The fraction of sp³-hybridized carbons (Fsp3) is 0.333. The molecule has 0 saturated heterocycles. The standard InChI is InChI=1S/C12H15NO7S/c1-19-12(16)8-13-21(17,18)10-4-2-9(3-5-10)20-7-6-11(14)15/h2-5,13H,6-8H2,1H3,(H,14,15). The third kappa shape index (κ3) is 5.79. The Morgan fingerprint density at radius 1 is 1.24 bits per heavy atom. The predicted octanol–water partition coefficient (Wildman–Crippen LogP) is -0.00860. The molecule has 0 aliphatic rings. The Balaban J connectivity index is 2.63. The van der Waals surface area contributed by atoms with E-state index in [0.717, 1.165) is 7.11 Å². The fourth-order valence-corrected chi connectivity index (χ4v) is 2.25. The van der Waals surface area contributed by atoms with Gasteiger partial charge in [-0.15, -0.1) is 0 Å². The number of hydrogen-bond donors (Lipinski definition) is 2. The maximum Gasteiger partial charge on any atom is 0.320 e. The van der Waals surface area contributed by atoms with Gasteiger partial charge in [-0.1, -0.05) is 0 Å². The quantitative estimate of drug-likeness (QED) is 0.647. The van der Waals surface area contributed by atoms with Gasteiger partial charge in [0.05, 0.1) is 25.0 Å². The van der Waals surface area contributed by atoms with E-state index in [1.165, 1.54) is 24.3 Å². The van der Waals surface area contributed by atoms with Crippen LogP contribution >= 0.6 is 0 Å². The number of carboxylic acid groups (broad SMARTS) is 1. The van der Waals surface area contributed by atoms with Gasteiger partial charge in [0.1, 0.15) is 12.3 Å². The van der Waals surface area contributed by atoms with Crippen LogP contribution in [-0.4, -0.2) is 45.7 Å². The molecule has 8 nitrogen and oxygen atoms in total. The van der Waals surface area contributed by atoms with E-state index in [9.17, 15) is 18.0 Å². The molecule has 0 radical (unpaired) electrons. The molecule has 0 atom stereocenters. The van der Waals surface area contributed by atoms with Crippen molar-refractivity contribution in [3.63, 3.8) is 0 Å². The first-order valence-electron chi connectivity index (χ1n) is 5.86. The third-order valence-electron chi connectivity index (χ3n) is 2.35. The summed E-state index contributed by atoms with van der Waals surface area (Å²) in [5.74, 6) is -1.34. The molecule has 1 rings (SSSR count). The number of aliphatic carboxylic acids is 1. The zero-order valence-electron chi connectivity index (χ0n) is 11.2. The lowest BCUT2D eigenvalue weighted by molar-refractivity contribution is -0.139. The molecule has 0 aliphatic heterocycles. The Morgan fingerprint density at radius 2 is 1.86 bits per heavy atom. The number of nitrogens with one attached hydrogen (secondary N) is 1. The summed E-state index contributed by atoms with van der Waals surface area (Å²) in [6.07, 6.45) is -0.152. The van der Waals surface area contributed by atoms with Crippen molar-refractivity contribution in [1.82, 2.24) is 4.72 Å². The molecular weight excluding hydrogens is 302 g/mol. The molecule has 116 valence electrons. The molecular formula is C12H15NO7S. The minimum Gasteiger partial charge on any atom is -0.493 e. The second-order valence-electron chi connectivity index (χ2n) is 3.86. The highest BCUT2D eigenvalue weighted by atomic mass is 32.2. The molecule has 0 fully saturated rings. The van der Waals surface area contributed by atoms with Crippen LogP contribution in [0.2, 0.25) is 0 Å². The summed E-state index contributed by atoms with van der Waals surface area (Å²) in [7, 11) is -2.66. The zero-order valence-corrected chi connectivity index (χ0v) is 12.1. The highest BCUT2D eigenvalue weighted by Crippen LogP contribution is 2.16. The number of carbonyl (C=O) groups excluding carboxylic acids is 1. The van der Waals surface area contributed by atoms with Crippen LogP contribution < -0.4 is 9.46 Å². The van der Waals surface area contributed by atoms with Crippen LogP contribution in [0.1, 0.15) is 6.42 Å². The van der Waals surface area contributed by atoms with Crippen LogP contribution in [0.3, 0.4) is 0 Å². The Morgan fingerprint density at radius 3 is 2.38 bits per heavy atom. The lowest BCUT2D eigenvalue weighted by Crippen LogP contribution is -2.30. The van der Waals surface area contributed by atoms with Crippen molar-refractivity contribution in [2.45, 2.75) is 11.3 Å². The highest BCUT2D eigenvalue weighted by Gasteiger charge is 2.15. The number of carboxylic acids is 1.